The van der Waals surface area contributed by atoms with E-state index in [-0.39, 0.29) is 12.1 Å². The Kier molecular flexibility index (Phi) is 7.94. The molecule has 0 fully saturated rings. The molecule has 0 bridgehead atoms. The molecule has 0 aliphatic heterocycles. The summed E-state index contributed by atoms with van der Waals surface area (Å²) >= 11 is 0. The van der Waals surface area contributed by atoms with Crippen molar-refractivity contribution < 1.29 is 0 Å². The lowest BCUT2D eigenvalue weighted by Gasteiger charge is -2.23. The number of allylic oxidation sites excluding steroid dienone is 10. The van der Waals surface area contributed by atoms with E-state index < -0.39 is 0 Å². The smallest absolute Gasteiger partial charge is 0.102 e. The van der Waals surface area contributed by atoms with Crippen LogP contribution in [0.1, 0.15) is 24.4 Å². The molecule has 2 aliphatic carbocycles. The van der Waals surface area contributed by atoms with E-state index in [0.29, 0.717) is 0 Å². The van der Waals surface area contributed by atoms with Crippen molar-refractivity contribution in [3.63, 3.8) is 0 Å². The van der Waals surface area contributed by atoms with E-state index >= 15 is 0 Å². The van der Waals surface area contributed by atoms with Gasteiger partial charge in [0.2, 0.25) is 0 Å². The SMILES string of the molecule is C=C/C=C(\C=C)C=N[C@@H](C1=CC=C=C=C1)[C@@H](N=CC1=CCCC=C1)c1ccccc1. The lowest BCUT2D eigenvalue weighted by atomic mass is 9.92. The van der Waals surface area contributed by atoms with Crippen molar-refractivity contribution in [3.8, 4) is 0 Å². The minimum absolute atomic E-state index is 0.177. The van der Waals surface area contributed by atoms with Gasteiger partial charge >= 0.3 is 0 Å². The Labute approximate surface area is 179 Å². The topological polar surface area (TPSA) is 24.7 Å². The summed E-state index contributed by atoms with van der Waals surface area (Å²) in [6.07, 6.45) is 23.7. The molecule has 1 aromatic rings. The molecule has 0 N–H and O–H groups in total. The van der Waals surface area contributed by atoms with Crippen LogP contribution in [0.15, 0.2) is 136 Å². The average Bonchev–Trinajstić information content (AvgIpc) is 2.82. The fraction of sp³-hybridized carbons (Fsp3) is 0.143. The Bertz CT molecular complexity index is 1050. The first-order valence-corrected chi connectivity index (χ1v) is 10.1. The Morgan fingerprint density at radius 3 is 2.57 bits per heavy atom. The molecule has 0 unspecified atom stereocenters. The van der Waals surface area contributed by atoms with Gasteiger partial charge in [0, 0.05) is 12.4 Å². The summed E-state index contributed by atoms with van der Waals surface area (Å²) in [4.78, 5) is 9.92. The van der Waals surface area contributed by atoms with E-state index in [0.717, 1.165) is 35.1 Å². The predicted octanol–water partition coefficient (Wildman–Crippen LogP) is 6.62. The molecule has 1 aromatic carbocycles. The van der Waals surface area contributed by atoms with Crippen molar-refractivity contribution in [2.24, 2.45) is 9.98 Å². The Hall–Kier alpha value is -3.70. The van der Waals surface area contributed by atoms with Crippen LogP contribution in [0.5, 0.6) is 0 Å². The van der Waals surface area contributed by atoms with Crippen LogP contribution >= 0.6 is 0 Å². The molecule has 0 saturated carbocycles. The number of hydrogen-bond acceptors (Lipinski definition) is 2. The summed E-state index contributed by atoms with van der Waals surface area (Å²) in [5.41, 5.74) is 10.2. The minimum atomic E-state index is -0.212. The first-order chi connectivity index (χ1) is 14.8. The van der Waals surface area contributed by atoms with Crippen molar-refractivity contribution in [2.45, 2.75) is 24.9 Å². The number of rotatable bonds is 9. The third kappa shape index (κ3) is 5.90. The fourth-order valence-corrected chi connectivity index (χ4v) is 3.26. The quantitative estimate of drug-likeness (QED) is 0.257. The predicted molar refractivity (Wildman–Crippen MR) is 129 cm³/mol. The molecule has 0 saturated heterocycles. The zero-order chi connectivity index (χ0) is 21.0. The molecule has 30 heavy (non-hydrogen) atoms. The lowest BCUT2D eigenvalue weighted by Crippen LogP contribution is -2.18. The van der Waals surface area contributed by atoms with Gasteiger partial charge in [0.05, 0.1) is 0 Å². The molecule has 0 radical (unpaired) electrons. The van der Waals surface area contributed by atoms with Crippen LogP contribution in [-0.4, -0.2) is 18.5 Å². The van der Waals surface area contributed by atoms with E-state index in [1.807, 2.05) is 54.9 Å². The van der Waals surface area contributed by atoms with Crippen molar-refractivity contribution in [2.75, 3.05) is 0 Å². The molecule has 2 heteroatoms. The molecule has 2 aliphatic rings. The van der Waals surface area contributed by atoms with Crippen LogP contribution in [0.25, 0.3) is 0 Å². The maximum Gasteiger partial charge on any atom is 0.102 e. The van der Waals surface area contributed by atoms with Gasteiger partial charge < -0.3 is 0 Å². The van der Waals surface area contributed by atoms with Gasteiger partial charge in [0.15, 0.2) is 0 Å². The summed E-state index contributed by atoms with van der Waals surface area (Å²) in [7, 11) is 0. The van der Waals surface area contributed by atoms with Gasteiger partial charge in [-0.05, 0) is 53.4 Å². The van der Waals surface area contributed by atoms with Crippen molar-refractivity contribution in [3.05, 3.63) is 132 Å². The molecule has 0 spiro atoms. The van der Waals surface area contributed by atoms with Crippen LogP contribution in [0.3, 0.4) is 0 Å². The normalized spacial score (nSPS) is 17.8. The highest BCUT2D eigenvalue weighted by Crippen LogP contribution is 2.30. The van der Waals surface area contributed by atoms with Gasteiger partial charge in [-0.25, -0.2) is 0 Å². The van der Waals surface area contributed by atoms with Gasteiger partial charge in [0.1, 0.15) is 12.1 Å². The highest BCUT2D eigenvalue weighted by atomic mass is 14.9. The van der Waals surface area contributed by atoms with Gasteiger partial charge in [-0.2, -0.15) is 0 Å². The molecule has 2 nitrogen and oxygen atoms in total. The third-order valence-electron chi connectivity index (χ3n) is 4.80. The van der Waals surface area contributed by atoms with Crippen LogP contribution < -0.4 is 0 Å². The summed E-state index contributed by atoms with van der Waals surface area (Å²) < 4.78 is 0. The van der Waals surface area contributed by atoms with Gasteiger partial charge in [-0.1, -0.05) is 91.4 Å². The Morgan fingerprint density at radius 1 is 1.03 bits per heavy atom. The lowest BCUT2D eigenvalue weighted by molar-refractivity contribution is 0.628. The molecule has 0 heterocycles. The third-order valence-corrected chi connectivity index (χ3v) is 4.80. The molecular formula is C28H26N2. The summed E-state index contributed by atoms with van der Waals surface area (Å²) in [6.45, 7) is 7.63. The van der Waals surface area contributed by atoms with Gasteiger partial charge in [0.25, 0.3) is 0 Å². The molecular weight excluding hydrogens is 364 g/mol. The average molecular weight is 391 g/mol. The summed E-state index contributed by atoms with van der Waals surface area (Å²) in [6, 6.07) is 9.90. The van der Waals surface area contributed by atoms with Crippen molar-refractivity contribution in [1.82, 2.24) is 0 Å². The maximum absolute atomic E-state index is 5.00. The second kappa shape index (κ2) is 11.3. The van der Waals surface area contributed by atoms with Crippen LogP contribution in [-0.2, 0) is 0 Å². The van der Waals surface area contributed by atoms with E-state index in [9.17, 15) is 0 Å². The summed E-state index contributed by atoms with van der Waals surface area (Å²) in [5, 5.41) is 0. The van der Waals surface area contributed by atoms with E-state index in [1.54, 1.807) is 12.2 Å². The minimum Gasteiger partial charge on any atom is -0.282 e. The highest BCUT2D eigenvalue weighted by molar-refractivity contribution is 5.84. The first-order valence-electron chi connectivity index (χ1n) is 10.1. The van der Waals surface area contributed by atoms with Crippen LogP contribution in [0.2, 0.25) is 0 Å². The largest absolute Gasteiger partial charge is 0.282 e. The zero-order valence-corrected chi connectivity index (χ0v) is 17.1. The number of aliphatic imine (C=N–C) groups is 2. The fourth-order valence-electron chi connectivity index (χ4n) is 3.26. The maximum atomic E-state index is 5.00. The number of benzene rings is 1. The van der Waals surface area contributed by atoms with E-state index in [4.69, 9.17) is 9.98 Å². The van der Waals surface area contributed by atoms with Crippen molar-refractivity contribution >= 4 is 12.4 Å². The second-order valence-corrected chi connectivity index (χ2v) is 6.91. The standard InChI is InChI=1S/C28H26N2/c1-3-14-23(4-2)21-29-27(25-17-10-6-11-18-25)28(26-19-12-7-13-20-26)30-22-24-15-8-5-9-16-24/h3-4,7-8,10,12-22,27-28H,1-2,5,9H2/b23-14+,29-21?,30-22?/t27-,28-/m0/s1. The summed E-state index contributed by atoms with van der Waals surface area (Å²) in [5.74, 6) is 0. The van der Waals surface area contributed by atoms with Gasteiger partial charge in [-0.3, -0.25) is 9.98 Å². The van der Waals surface area contributed by atoms with E-state index in [2.05, 4.69) is 55.0 Å². The Morgan fingerprint density at radius 2 is 1.90 bits per heavy atom. The zero-order valence-electron chi connectivity index (χ0n) is 17.1. The van der Waals surface area contributed by atoms with Gasteiger partial charge in [-0.15, -0.1) is 0 Å². The molecule has 3 rings (SSSR count). The Balaban J connectivity index is 2.03. The monoisotopic (exact) mass is 390 g/mol. The number of nitrogens with zero attached hydrogens (tertiary/aromatic N) is 2. The highest BCUT2D eigenvalue weighted by Gasteiger charge is 2.24. The molecule has 0 aromatic heterocycles. The molecule has 2 atom stereocenters. The number of hydrogen-bond donors (Lipinski definition) is 0. The van der Waals surface area contributed by atoms with Crippen LogP contribution in [0.4, 0.5) is 0 Å². The first kappa shape index (κ1) is 21.0. The molecule has 0 amide bonds. The molecule has 148 valence electrons. The van der Waals surface area contributed by atoms with E-state index in [1.165, 1.54) is 0 Å². The second-order valence-electron chi connectivity index (χ2n) is 6.91. The van der Waals surface area contributed by atoms with Crippen LogP contribution in [0, 0.1) is 0 Å². The van der Waals surface area contributed by atoms with Crippen molar-refractivity contribution in [1.29, 1.82) is 0 Å².